The number of aryl methyl sites for hydroxylation is 2. The second kappa shape index (κ2) is 9.41. The Morgan fingerprint density at radius 2 is 1.88 bits per heavy atom. The summed E-state index contributed by atoms with van der Waals surface area (Å²) < 4.78 is 3.43. The van der Waals surface area contributed by atoms with Crippen LogP contribution in [0.3, 0.4) is 0 Å². The predicted molar refractivity (Wildman–Crippen MR) is 132 cm³/mol. The standard InChI is InChI=1S/C25H39ClN6O/c1-6-32-14-8-19(27-32)21-20(22(26)29(5)28-21)23(33)31-13-7-9-25(18-31)11-16-30(17-12-25)15-10-24(2,3)4/h8,14H,6-7,9-13,15-18H2,1-5H3. The third-order valence-electron chi connectivity index (χ3n) is 7.44. The number of hydrogen-bond donors (Lipinski definition) is 0. The molecule has 2 saturated heterocycles. The summed E-state index contributed by atoms with van der Waals surface area (Å²) in [5.74, 6) is -0.0108. The average Bonchev–Trinajstić information content (AvgIpc) is 3.37. The van der Waals surface area contributed by atoms with Gasteiger partial charge in [0.25, 0.3) is 5.91 Å². The van der Waals surface area contributed by atoms with Crippen LogP contribution >= 0.6 is 11.6 Å². The molecule has 2 fully saturated rings. The number of carbonyl (C=O) groups excluding carboxylic acids is 1. The first-order valence-electron chi connectivity index (χ1n) is 12.4. The number of amides is 1. The number of likely N-dealkylation sites (tertiary alicyclic amines) is 2. The molecular formula is C25H39ClN6O. The summed E-state index contributed by atoms with van der Waals surface area (Å²) in [7, 11) is 1.78. The number of carbonyl (C=O) groups is 1. The van der Waals surface area contributed by atoms with Crippen LogP contribution in [0.4, 0.5) is 0 Å². The molecule has 0 aliphatic carbocycles. The molecule has 0 aromatic carbocycles. The van der Waals surface area contributed by atoms with Gasteiger partial charge in [-0.15, -0.1) is 0 Å². The predicted octanol–water partition coefficient (Wildman–Crippen LogP) is 4.71. The van der Waals surface area contributed by atoms with E-state index in [2.05, 4.69) is 35.9 Å². The van der Waals surface area contributed by atoms with E-state index in [1.165, 1.54) is 19.4 Å². The molecule has 2 aliphatic heterocycles. The molecule has 0 saturated carbocycles. The van der Waals surface area contributed by atoms with Crippen molar-refractivity contribution in [1.29, 1.82) is 0 Å². The second-order valence-electron chi connectivity index (χ2n) is 11.2. The lowest BCUT2D eigenvalue weighted by molar-refractivity contribution is 0.0196. The van der Waals surface area contributed by atoms with Gasteiger partial charge in [0.05, 0.1) is 0 Å². The van der Waals surface area contributed by atoms with Crippen LogP contribution in [0.5, 0.6) is 0 Å². The van der Waals surface area contributed by atoms with Crippen molar-refractivity contribution in [1.82, 2.24) is 29.4 Å². The van der Waals surface area contributed by atoms with E-state index in [1.807, 2.05) is 28.8 Å². The Morgan fingerprint density at radius 3 is 2.52 bits per heavy atom. The first-order chi connectivity index (χ1) is 15.6. The summed E-state index contributed by atoms with van der Waals surface area (Å²) in [4.78, 5) is 18.4. The molecule has 0 bridgehead atoms. The van der Waals surface area contributed by atoms with E-state index < -0.39 is 0 Å². The third kappa shape index (κ3) is 5.29. The van der Waals surface area contributed by atoms with Gasteiger partial charge < -0.3 is 9.80 Å². The molecule has 7 nitrogen and oxygen atoms in total. The Hall–Kier alpha value is -1.86. The molecule has 2 aliphatic rings. The highest BCUT2D eigenvalue weighted by Gasteiger charge is 2.41. The first kappa shape index (κ1) is 24.3. The van der Waals surface area contributed by atoms with Crippen molar-refractivity contribution >= 4 is 17.5 Å². The Balaban J connectivity index is 1.48. The van der Waals surface area contributed by atoms with Crippen molar-refractivity contribution in [3.8, 4) is 11.4 Å². The molecule has 1 spiro atoms. The fraction of sp³-hybridized carbons (Fsp3) is 0.720. The summed E-state index contributed by atoms with van der Waals surface area (Å²) in [6.07, 6.45) is 7.71. The Morgan fingerprint density at radius 1 is 1.15 bits per heavy atom. The maximum Gasteiger partial charge on any atom is 0.259 e. The van der Waals surface area contributed by atoms with Gasteiger partial charge in [0.1, 0.15) is 22.1 Å². The van der Waals surface area contributed by atoms with E-state index in [4.69, 9.17) is 11.6 Å². The molecule has 0 atom stereocenters. The van der Waals surface area contributed by atoms with Crippen molar-refractivity contribution in [3.05, 3.63) is 23.0 Å². The normalized spacial score (nSPS) is 19.4. The number of nitrogens with zero attached hydrogens (tertiary/aromatic N) is 6. The van der Waals surface area contributed by atoms with Gasteiger partial charge in [-0.25, -0.2) is 0 Å². The maximum absolute atomic E-state index is 13.8. The molecular weight excluding hydrogens is 436 g/mol. The van der Waals surface area contributed by atoms with E-state index in [-0.39, 0.29) is 11.3 Å². The third-order valence-corrected chi connectivity index (χ3v) is 7.88. The maximum atomic E-state index is 13.8. The van der Waals surface area contributed by atoms with Gasteiger partial charge in [-0.1, -0.05) is 32.4 Å². The molecule has 2 aromatic rings. The average molecular weight is 475 g/mol. The number of hydrogen-bond acceptors (Lipinski definition) is 4. The summed E-state index contributed by atoms with van der Waals surface area (Å²) in [6.45, 7) is 14.8. The zero-order valence-corrected chi connectivity index (χ0v) is 21.7. The molecule has 4 heterocycles. The molecule has 8 heteroatoms. The van der Waals surface area contributed by atoms with Gasteiger partial charge in [-0.3, -0.25) is 14.2 Å². The van der Waals surface area contributed by atoms with E-state index in [1.54, 1.807) is 11.7 Å². The highest BCUT2D eigenvalue weighted by Crippen LogP contribution is 2.41. The van der Waals surface area contributed by atoms with E-state index in [9.17, 15) is 4.79 Å². The molecule has 2 aromatic heterocycles. The molecule has 0 N–H and O–H groups in total. The van der Waals surface area contributed by atoms with Crippen LogP contribution in [-0.2, 0) is 13.6 Å². The lowest BCUT2D eigenvalue weighted by atomic mass is 9.72. The second-order valence-corrected chi connectivity index (χ2v) is 11.5. The lowest BCUT2D eigenvalue weighted by Gasteiger charge is -2.48. The highest BCUT2D eigenvalue weighted by atomic mass is 35.5. The van der Waals surface area contributed by atoms with Crippen molar-refractivity contribution in [2.24, 2.45) is 17.9 Å². The van der Waals surface area contributed by atoms with Crippen LogP contribution in [0.15, 0.2) is 12.3 Å². The summed E-state index contributed by atoms with van der Waals surface area (Å²) in [5.41, 5.74) is 2.36. The first-order valence-corrected chi connectivity index (χ1v) is 12.8. The molecule has 0 unspecified atom stereocenters. The Labute approximate surface area is 203 Å². The van der Waals surface area contributed by atoms with Crippen LogP contribution in [-0.4, -0.2) is 68.0 Å². The largest absolute Gasteiger partial charge is 0.338 e. The smallest absolute Gasteiger partial charge is 0.259 e. The summed E-state index contributed by atoms with van der Waals surface area (Å²) in [6, 6.07) is 1.91. The topological polar surface area (TPSA) is 59.2 Å². The molecule has 33 heavy (non-hydrogen) atoms. The van der Waals surface area contributed by atoms with E-state index in [0.29, 0.717) is 27.5 Å². The van der Waals surface area contributed by atoms with Crippen molar-refractivity contribution in [2.45, 2.75) is 66.3 Å². The molecule has 1 amide bonds. The van der Waals surface area contributed by atoms with E-state index >= 15 is 0 Å². The number of piperidine rings is 2. The van der Waals surface area contributed by atoms with Gasteiger partial charge in [0.15, 0.2) is 0 Å². The quantitative estimate of drug-likeness (QED) is 0.629. The number of rotatable bonds is 5. The van der Waals surface area contributed by atoms with E-state index in [0.717, 1.165) is 52.0 Å². The summed E-state index contributed by atoms with van der Waals surface area (Å²) >= 11 is 6.60. The van der Waals surface area contributed by atoms with Crippen LogP contribution < -0.4 is 0 Å². The summed E-state index contributed by atoms with van der Waals surface area (Å²) in [5, 5.41) is 9.51. The van der Waals surface area contributed by atoms with Gasteiger partial charge in [-0.2, -0.15) is 10.2 Å². The van der Waals surface area contributed by atoms with Crippen LogP contribution in [0, 0.1) is 10.8 Å². The highest BCUT2D eigenvalue weighted by molar-refractivity contribution is 6.33. The number of halogens is 1. The van der Waals surface area contributed by atoms with Gasteiger partial charge in [0, 0.05) is 32.9 Å². The zero-order chi connectivity index (χ0) is 23.8. The van der Waals surface area contributed by atoms with Gasteiger partial charge >= 0.3 is 0 Å². The fourth-order valence-corrected chi connectivity index (χ4v) is 5.44. The fourth-order valence-electron chi connectivity index (χ4n) is 5.23. The van der Waals surface area contributed by atoms with Crippen LogP contribution in [0.1, 0.15) is 70.2 Å². The van der Waals surface area contributed by atoms with Crippen molar-refractivity contribution in [2.75, 3.05) is 32.7 Å². The minimum atomic E-state index is -0.0108. The van der Waals surface area contributed by atoms with Crippen LogP contribution in [0.25, 0.3) is 11.4 Å². The lowest BCUT2D eigenvalue weighted by Crippen LogP contribution is -2.51. The molecule has 0 radical (unpaired) electrons. The Bertz CT molecular complexity index is 980. The molecule has 4 rings (SSSR count). The molecule has 182 valence electrons. The minimum absolute atomic E-state index is 0.0108. The van der Waals surface area contributed by atoms with Crippen LogP contribution in [0.2, 0.25) is 5.15 Å². The monoisotopic (exact) mass is 474 g/mol. The Kier molecular flexibility index (Phi) is 6.92. The van der Waals surface area contributed by atoms with Gasteiger partial charge in [0.2, 0.25) is 0 Å². The minimum Gasteiger partial charge on any atom is -0.338 e. The SMILES string of the molecule is CCn1ccc(-c2nn(C)c(Cl)c2C(=O)N2CCCC3(CCN(CCC(C)(C)C)CC3)C2)n1. The zero-order valence-electron chi connectivity index (χ0n) is 20.9. The van der Waals surface area contributed by atoms with Crippen molar-refractivity contribution < 1.29 is 4.79 Å². The van der Waals surface area contributed by atoms with Gasteiger partial charge in [-0.05, 0) is 75.6 Å². The van der Waals surface area contributed by atoms with Crippen molar-refractivity contribution in [3.63, 3.8) is 0 Å². The number of aromatic nitrogens is 4.